The van der Waals surface area contributed by atoms with Gasteiger partial charge in [-0.25, -0.2) is 9.97 Å². The van der Waals surface area contributed by atoms with Crippen LogP contribution in [0.15, 0.2) is 30.7 Å². The maximum Gasteiger partial charge on any atom is 0.272 e. The van der Waals surface area contributed by atoms with Crippen LogP contribution in [-0.4, -0.2) is 52.5 Å². The molecule has 1 atom stereocenters. The van der Waals surface area contributed by atoms with E-state index < -0.39 is 0 Å². The van der Waals surface area contributed by atoms with Gasteiger partial charge in [-0.1, -0.05) is 6.07 Å². The van der Waals surface area contributed by atoms with Crippen molar-refractivity contribution in [1.29, 1.82) is 0 Å². The number of morpholine rings is 1. The molecule has 7 nitrogen and oxygen atoms in total. The molecule has 0 aromatic carbocycles. The van der Waals surface area contributed by atoms with E-state index in [1.54, 1.807) is 4.90 Å². The number of pyridine rings is 1. The first kappa shape index (κ1) is 13.6. The van der Waals surface area contributed by atoms with E-state index in [0.717, 1.165) is 11.5 Å². The smallest absolute Gasteiger partial charge is 0.272 e. The Hall–Kier alpha value is -2.41. The third-order valence-electron chi connectivity index (χ3n) is 3.44. The van der Waals surface area contributed by atoms with Crippen LogP contribution in [0, 0.1) is 0 Å². The van der Waals surface area contributed by atoms with Gasteiger partial charge in [0.1, 0.15) is 17.6 Å². The number of nitrogens with one attached hydrogen (secondary N) is 2. The van der Waals surface area contributed by atoms with Crippen LogP contribution in [0.2, 0.25) is 0 Å². The van der Waals surface area contributed by atoms with Crippen molar-refractivity contribution in [3.05, 3.63) is 42.1 Å². The zero-order valence-corrected chi connectivity index (χ0v) is 11.7. The second kappa shape index (κ2) is 5.92. The highest BCUT2D eigenvalue weighted by Crippen LogP contribution is 2.22. The van der Waals surface area contributed by atoms with Crippen LogP contribution in [0.4, 0.5) is 5.82 Å². The van der Waals surface area contributed by atoms with E-state index in [1.165, 1.54) is 12.5 Å². The topological polar surface area (TPSA) is 83.1 Å². The first-order valence-corrected chi connectivity index (χ1v) is 6.82. The summed E-state index contributed by atoms with van der Waals surface area (Å²) in [5, 5.41) is 3.00. The van der Waals surface area contributed by atoms with Crippen molar-refractivity contribution in [3.63, 3.8) is 0 Å². The van der Waals surface area contributed by atoms with Gasteiger partial charge in [-0.3, -0.25) is 4.79 Å². The van der Waals surface area contributed by atoms with Gasteiger partial charge in [0.15, 0.2) is 0 Å². The van der Waals surface area contributed by atoms with Gasteiger partial charge in [-0.15, -0.1) is 0 Å². The molecule has 1 saturated heterocycles. The van der Waals surface area contributed by atoms with Gasteiger partial charge in [0, 0.05) is 13.6 Å². The molecule has 2 aromatic rings. The molecule has 1 aliphatic rings. The number of aromatic amines is 1. The standard InChI is InChI=1S/C14H17N5O2/c1-15-13-4-2-3-10(18-13)12-8-19(5-6-21-12)14(20)11-7-16-9-17-11/h2-4,7,9,12H,5-6,8H2,1H3,(H,15,18)(H,16,17)/t12-/m0/s1. The highest BCUT2D eigenvalue weighted by molar-refractivity contribution is 5.92. The van der Waals surface area contributed by atoms with Gasteiger partial charge < -0.3 is 19.9 Å². The number of carbonyl (C=O) groups is 1. The average Bonchev–Trinajstić information content (AvgIpc) is 3.09. The van der Waals surface area contributed by atoms with Crippen molar-refractivity contribution in [3.8, 4) is 0 Å². The van der Waals surface area contributed by atoms with Gasteiger partial charge >= 0.3 is 0 Å². The number of hydrogen-bond acceptors (Lipinski definition) is 5. The Balaban J connectivity index is 1.75. The molecule has 2 N–H and O–H groups in total. The number of aromatic nitrogens is 3. The first-order chi connectivity index (χ1) is 10.3. The summed E-state index contributed by atoms with van der Waals surface area (Å²) >= 11 is 0. The predicted octanol–water partition coefficient (Wildman–Crippen LogP) is 1.06. The SMILES string of the molecule is CNc1cccc([C@@H]2CN(C(=O)c3cnc[nH]3)CCO2)n1. The van der Waals surface area contributed by atoms with E-state index >= 15 is 0 Å². The Kier molecular flexibility index (Phi) is 3.83. The Morgan fingerprint density at radius 3 is 3.19 bits per heavy atom. The van der Waals surface area contributed by atoms with E-state index in [2.05, 4.69) is 20.3 Å². The second-order valence-electron chi connectivity index (χ2n) is 4.77. The fraction of sp³-hybridized carbons (Fsp3) is 0.357. The van der Waals surface area contributed by atoms with E-state index in [1.807, 2.05) is 25.2 Å². The summed E-state index contributed by atoms with van der Waals surface area (Å²) in [6.07, 6.45) is 2.83. The fourth-order valence-electron chi connectivity index (χ4n) is 2.33. The number of hydrogen-bond donors (Lipinski definition) is 2. The Morgan fingerprint density at radius 2 is 2.43 bits per heavy atom. The van der Waals surface area contributed by atoms with Crippen molar-refractivity contribution in [2.24, 2.45) is 0 Å². The lowest BCUT2D eigenvalue weighted by Gasteiger charge is -2.32. The van der Waals surface area contributed by atoms with Crippen LogP contribution in [0.25, 0.3) is 0 Å². The van der Waals surface area contributed by atoms with Crippen molar-refractivity contribution < 1.29 is 9.53 Å². The van der Waals surface area contributed by atoms with E-state index in [9.17, 15) is 4.79 Å². The summed E-state index contributed by atoms with van der Waals surface area (Å²) in [6, 6.07) is 5.72. The molecule has 0 bridgehead atoms. The Morgan fingerprint density at radius 1 is 1.52 bits per heavy atom. The normalized spacial score (nSPS) is 18.5. The summed E-state index contributed by atoms with van der Waals surface area (Å²) in [5.41, 5.74) is 1.32. The number of nitrogens with zero attached hydrogens (tertiary/aromatic N) is 3. The quantitative estimate of drug-likeness (QED) is 0.882. The summed E-state index contributed by atoms with van der Waals surface area (Å²) < 4.78 is 5.75. The molecule has 21 heavy (non-hydrogen) atoms. The summed E-state index contributed by atoms with van der Waals surface area (Å²) in [7, 11) is 1.82. The Labute approximate surface area is 122 Å². The minimum Gasteiger partial charge on any atom is -0.373 e. The molecule has 1 fully saturated rings. The minimum absolute atomic E-state index is 0.0643. The number of H-pyrrole nitrogens is 1. The molecule has 0 unspecified atom stereocenters. The third kappa shape index (κ3) is 2.87. The molecular formula is C14H17N5O2. The number of ether oxygens (including phenoxy) is 1. The number of anilines is 1. The molecule has 110 valence electrons. The minimum atomic E-state index is -0.209. The number of amides is 1. The highest BCUT2D eigenvalue weighted by Gasteiger charge is 2.27. The molecule has 3 heterocycles. The van der Waals surface area contributed by atoms with Gasteiger partial charge in [0.25, 0.3) is 5.91 Å². The van der Waals surface area contributed by atoms with Crippen LogP contribution in [0.3, 0.4) is 0 Å². The van der Waals surface area contributed by atoms with Crippen LogP contribution in [0.1, 0.15) is 22.3 Å². The average molecular weight is 287 g/mol. The lowest BCUT2D eigenvalue weighted by atomic mass is 10.1. The monoisotopic (exact) mass is 287 g/mol. The van der Waals surface area contributed by atoms with Crippen molar-refractivity contribution in [1.82, 2.24) is 19.9 Å². The van der Waals surface area contributed by atoms with Gasteiger partial charge in [0.05, 0.1) is 31.4 Å². The zero-order chi connectivity index (χ0) is 14.7. The number of carbonyl (C=O) groups excluding carboxylic acids is 1. The maximum absolute atomic E-state index is 12.3. The summed E-state index contributed by atoms with van der Waals surface area (Å²) in [5.74, 6) is 0.721. The highest BCUT2D eigenvalue weighted by atomic mass is 16.5. The molecule has 0 spiro atoms. The molecule has 7 heteroatoms. The maximum atomic E-state index is 12.3. The zero-order valence-electron chi connectivity index (χ0n) is 11.7. The lowest BCUT2D eigenvalue weighted by molar-refractivity contribution is -0.0248. The second-order valence-corrected chi connectivity index (χ2v) is 4.77. The van der Waals surface area contributed by atoms with E-state index in [0.29, 0.717) is 25.4 Å². The van der Waals surface area contributed by atoms with Crippen molar-refractivity contribution >= 4 is 11.7 Å². The number of rotatable bonds is 3. The molecule has 0 saturated carbocycles. The van der Waals surface area contributed by atoms with Crippen LogP contribution in [0.5, 0.6) is 0 Å². The first-order valence-electron chi connectivity index (χ1n) is 6.82. The third-order valence-corrected chi connectivity index (χ3v) is 3.44. The predicted molar refractivity (Wildman–Crippen MR) is 77.0 cm³/mol. The molecule has 1 aliphatic heterocycles. The summed E-state index contributed by atoms with van der Waals surface area (Å²) in [6.45, 7) is 1.55. The van der Waals surface area contributed by atoms with Crippen molar-refractivity contribution in [2.75, 3.05) is 32.1 Å². The van der Waals surface area contributed by atoms with Crippen LogP contribution < -0.4 is 5.32 Å². The van der Waals surface area contributed by atoms with Crippen LogP contribution >= 0.6 is 0 Å². The largest absolute Gasteiger partial charge is 0.373 e. The van der Waals surface area contributed by atoms with Crippen molar-refractivity contribution in [2.45, 2.75) is 6.10 Å². The molecular weight excluding hydrogens is 270 g/mol. The van der Waals surface area contributed by atoms with Crippen LogP contribution in [-0.2, 0) is 4.74 Å². The Bertz CT molecular complexity index is 614. The van der Waals surface area contributed by atoms with E-state index in [4.69, 9.17) is 4.74 Å². The molecule has 3 rings (SSSR count). The lowest BCUT2D eigenvalue weighted by Crippen LogP contribution is -2.42. The van der Waals surface area contributed by atoms with E-state index in [-0.39, 0.29) is 12.0 Å². The molecule has 2 aromatic heterocycles. The van der Waals surface area contributed by atoms with Gasteiger partial charge in [0.2, 0.25) is 0 Å². The molecule has 1 amide bonds. The van der Waals surface area contributed by atoms with Gasteiger partial charge in [-0.2, -0.15) is 0 Å². The number of imidazole rings is 1. The molecule has 0 radical (unpaired) electrons. The fourth-order valence-corrected chi connectivity index (χ4v) is 2.33. The van der Waals surface area contributed by atoms with Gasteiger partial charge in [-0.05, 0) is 12.1 Å². The molecule has 0 aliphatic carbocycles. The summed E-state index contributed by atoms with van der Waals surface area (Å²) in [4.78, 5) is 25.3.